The van der Waals surface area contributed by atoms with E-state index in [4.69, 9.17) is 5.21 Å². The smallest absolute Gasteiger partial charge is 0.0304 e. The van der Waals surface area contributed by atoms with E-state index in [1.165, 1.54) is 0 Å². The Labute approximate surface area is 62.9 Å². The van der Waals surface area contributed by atoms with Crippen LogP contribution < -0.4 is 5.48 Å². The first-order valence-electron chi connectivity index (χ1n) is 3.53. The lowest BCUT2D eigenvalue weighted by Gasteiger charge is -2.17. The van der Waals surface area contributed by atoms with Crippen molar-refractivity contribution in [3.63, 3.8) is 0 Å². The second-order valence-electron chi connectivity index (χ2n) is 3.78. The molecule has 60 valence electrons. The highest BCUT2D eigenvalue weighted by Gasteiger charge is 2.09. The highest BCUT2D eigenvalue weighted by Crippen LogP contribution is 2.21. The summed E-state index contributed by atoms with van der Waals surface area (Å²) >= 11 is 0. The summed E-state index contributed by atoms with van der Waals surface area (Å²) in [5.74, 6) is 0. The number of hydroxylamine groups is 1. The Kier molecular flexibility index (Phi) is 3.43. The molecule has 0 amide bonds. The van der Waals surface area contributed by atoms with Crippen LogP contribution in [0, 0.1) is 5.41 Å². The van der Waals surface area contributed by atoms with Crippen LogP contribution in [0.4, 0.5) is 0 Å². The Morgan fingerprint density at radius 3 is 2.30 bits per heavy atom. The maximum absolute atomic E-state index is 8.38. The van der Waals surface area contributed by atoms with Gasteiger partial charge in [0.05, 0.1) is 0 Å². The van der Waals surface area contributed by atoms with Crippen LogP contribution in [0.5, 0.6) is 0 Å². The molecule has 0 aromatic rings. The molecule has 0 atom stereocenters. The standard InChI is InChI=1S/C8H17NO/c1-7(9-10)5-6-8(2,3)4/h9-10H,1,5-6H2,2-4H3. The van der Waals surface area contributed by atoms with E-state index in [-0.39, 0.29) is 0 Å². The molecular formula is C8H17NO. The number of allylic oxidation sites excluding steroid dienone is 1. The fourth-order valence-electron chi connectivity index (χ4n) is 0.582. The molecule has 0 aliphatic carbocycles. The second-order valence-corrected chi connectivity index (χ2v) is 3.78. The number of rotatable bonds is 3. The highest BCUT2D eigenvalue weighted by atomic mass is 16.5. The van der Waals surface area contributed by atoms with Crippen molar-refractivity contribution in [2.45, 2.75) is 33.6 Å². The Bertz CT molecular complexity index is 113. The van der Waals surface area contributed by atoms with Gasteiger partial charge in [0.2, 0.25) is 0 Å². The summed E-state index contributed by atoms with van der Waals surface area (Å²) in [5.41, 5.74) is 3.05. The van der Waals surface area contributed by atoms with Crippen LogP contribution in [0.25, 0.3) is 0 Å². The van der Waals surface area contributed by atoms with E-state index in [2.05, 4.69) is 27.4 Å². The van der Waals surface area contributed by atoms with E-state index >= 15 is 0 Å². The lowest BCUT2D eigenvalue weighted by molar-refractivity contribution is 0.192. The van der Waals surface area contributed by atoms with E-state index < -0.39 is 0 Å². The molecule has 2 heteroatoms. The molecule has 0 spiro atoms. The molecule has 0 unspecified atom stereocenters. The van der Waals surface area contributed by atoms with Crippen LogP contribution in [0.3, 0.4) is 0 Å². The maximum Gasteiger partial charge on any atom is 0.0304 e. The molecule has 0 aromatic carbocycles. The molecule has 0 aromatic heterocycles. The van der Waals surface area contributed by atoms with Crippen LogP contribution in [-0.4, -0.2) is 5.21 Å². The summed E-state index contributed by atoms with van der Waals surface area (Å²) in [4.78, 5) is 0. The van der Waals surface area contributed by atoms with Crippen molar-refractivity contribution in [1.29, 1.82) is 0 Å². The molecule has 0 aliphatic heterocycles. The minimum absolute atomic E-state index is 0.319. The Morgan fingerprint density at radius 2 is 2.00 bits per heavy atom. The van der Waals surface area contributed by atoms with Gasteiger partial charge in [-0.3, -0.25) is 10.7 Å². The summed E-state index contributed by atoms with van der Waals surface area (Å²) < 4.78 is 0. The summed E-state index contributed by atoms with van der Waals surface area (Å²) in [6, 6.07) is 0. The van der Waals surface area contributed by atoms with E-state index in [0.717, 1.165) is 12.8 Å². The highest BCUT2D eigenvalue weighted by molar-refractivity contribution is 4.88. The Balaban J connectivity index is 3.46. The van der Waals surface area contributed by atoms with E-state index in [1.807, 2.05) is 5.48 Å². The quantitative estimate of drug-likeness (QED) is 0.594. The van der Waals surface area contributed by atoms with Crippen molar-refractivity contribution in [2.75, 3.05) is 0 Å². The van der Waals surface area contributed by atoms with Crippen LogP contribution >= 0.6 is 0 Å². The second kappa shape index (κ2) is 3.62. The number of hydrogen-bond acceptors (Lipinski definition) is 2. The molecule has 0 rings (SSSR count). The van der Waals surface area contributed by atoms with Crippen molar-refractivity contribution in [1.82, 2.24) is 5.48 Å². The largest absolute Gasteiger partial charge is 0.291 e. The third-order valence-corrected chi connectivity index (χ3v) is 1.33. The van der Waals surface area contributed by atoms with Gasteiger partial charge < -0.3 is 0 Å². The molecule has 0 heterocycles. The van der Waals surface area contributed by atoms with Gasteiger partial charge >= 0.3 is 0 Å². The molecule has 10 heavy (non-hydrogen) atoms. The lowest BCUT2D eigenvalue weighted by Crippen LogP contribution is -2.10. The molecule has 2 nitrogen and oxygen atoms in total. The van der Waals surface area contributed by atoms with Crippen molar-refractivity contribution < 1.29 is 5.21 Å². The molecule has 2 N–H and O–H groups in total. The SMILES string of the molecule is C=C(CCC(C)(C)C)NO. The summed E-state index contributed by atoms with van der Waals surface area (Å²) in [6.07, 6.45) is 1.87. The summed E-state index contributed by atoms with van der Waals surface area (Å²) in [5, 5.41) is 8.38. The first-order chi connectivity index (χ1) is 4.45. The third kappa shape index (κ3) is 5.63. The van der Waals surface area contributed by atoms with Gasteiger partial charge in [-0.2, -0.15) is 0 Å². The van der Waals surface area contributed by atoms with Gasteiger partial charge in [-0.25, -0.2) is 0 Å². The average Bonchev–Trinajstić information content (AvgIpc) is 1.81. The molecule has 0 bridgehead atoms. The van der Waals surface area contributed by atoms with Crippen LogP contribution in [0.15, 0.2) is 12.3 Å². The minimum atomic E-state index is 0.319. The van der Waals surface area contributed by atoms with Gasteiger partial charge in [0.25, 0.3) is 0 Å². The van der Waals surface area contributed by atoms with Gasteiger partial charge in [-0.05, 0) is 18.3 Å². The zero-order valence-corrected chi connectivity index (χ0v) is 7.07. The normalized spacial score (nSPS) is 11.2. The van der Waals surface area contributed by atoms with Gasteiger partial charge in [-0.1, -0.05) is 27.4 Å². The molecule has 0 fully saturated rings. The first-order valence-corrected chi connectivity index (χ1v) is 3.53. The zero-order chi connectivity index (χ0) is 8.20. The third-order valence-electron chi connectivity index (χ3n) is 1.33. The Morgan fingerprint density at radius 1 is 1.50 bits per heavy atom. The monoisotopic (exact) mass is 143 g/mol. The minimum Gasteiger partial charge on any atom is -0.291 e. The van der Waals surface area contributed by atoms with Crippen molar-refractivity contribution in [2.24, 2.45) is 5.41 Å². The number of hydrogen-bond donors (Lipinski definition) is 2. The average molecular weight is 143 g/mol. The van der Waals surface area contributed by atoms with Crippen LogP contribution in [0.2, 0.25) is 0 Å². The zero-order valence-electron chi connectivity index (χ0n) is 7.07. The summed E-state index contributed by atoms with van der Waals surface area (Å²) in [7, 11) is 0. The molecule has 0 aliphatic rings. The predicted molar refractivity (Wildman–Crippen MR) is 42.8 cm³/mol. The van der Waals surface area contributed by atoms with Crippen LogP contribution in [-0.2, 0) is 0 Å². The Hall–Kier alpha value is -0.500. The first kappa shape index (κ1) is 9.50. The van der Waals surface area contributed by atoms with E-state index in [0.29, 0.717) is 11.1 Å². The van der Waals surface area contributed by atoms with E-state index in [1.54, 1.807) is 0 Å². The van der Waals surface area contributed by atoms with Gasteiger partial charge in [-0.15, -0.1) is 0 Å². The number of nitrogens with one attached hydrogen (secondary N) is 1. The fourth-order valence-corrected chi connectivity index (χ4v) is 0.582. The predicted octanol–water partition coefficient (Wildman–Crippen LogP) is 2.31. The van der Waals surface area contributed by atoms with E-state index in [9.17, 15) is 0 Å². The fraction of sp³-hybridized carbons (Fsp3) is 0.750. The van der Waals surface area contributed by atoms with Gasteiger partial charge in [0.1, 0.15) is 0 Å². The van der Waals surface area contributed by atoms with Crippen molar-refractivity contribution in [3.05, 3.63) is 12.3 Å². The van der Waals surface area contributed by atoms with Crippen molar-refractivity contribution >= 4 is 0 Å². The maximum atomic E-state index is 8.38. The van der Waals surface area contributed by atoms with Gasteiger partial charge in [0.15, 0.2) is 0 Å². The molecule has 0 saturated carbocycles. The van der Waals surface area contributed by atoms with Crippen LogP contribution in [0.1, 0.15) is 33.6 Å². The molecular weight excluding hydrogens is 126 g/mol. The molecule has 0 saturated heterocycles. The molecule has 0 radical (unpaired) electrons. The van der Waals surface area contributed by atoms with Gasteiger partial charge in [0, 0.05) is 5.70 Å². The summed E-state index contributed by atoms with van der Waals surface area (Å²) in [6.45, 7) is 10.1. The van der Waals surface area contributed by atoms with Crippen molar-refractivity contribution in [3.8, 4) is 0 Å². The topological polar surface area (TPSA) is 32.3 Å². The lowest BCUT2D eigenvalue weighted by atomic mass is 9.90.